The number of anilines is 1. The van der Waals surface area contributed by atoms with Crippen molar-refractivity contribution in [3.63, 3.8) is 0 Å². The molecular weight excluding hydrogens is 957 g/mol. The number of rotatable bonds is 17. The van der Waals surface area contributed by atoms with Crippen LogP contribution in [0.2, 0.25) is 0 Å². The number of aliphatic carboxylic acids is 1. The average Bonchev–Trinajstić information content (AvgIpc) is 4.03. The van der Waals surface area contributed by atoms with Crippen molar-refractivity contribution in [2.45, 2.75) is 81.8 Å². The number of carboxylic acid groups (broad SMARTS) is 1. The number of amides is 3. The third kappa shape index (κ3) is 10.2. The maximum atomic E-state index is 14.4. The fraction of sp³-hybridized carbons (Fsp3) is 0.245. The van der Waals surface area contributed by atoms with Gasteiger partial charge in [-0.05, 0) is 71.5 Å². The number of aromatic nitrogens is 4. The molecule has 0 saturated carbocycles. The van der Waals surface area contributed by atoms with Crippen LogP contribution < -0.4 is 26.2 Å². The second kappa shape index (κ2) is 20.3. The van der Waals surface area contributed by atoms with Gasteiger partial charge in [0, 0.05) is 40.5 Å². The SMILES string of the molecule is CC[C@@]1(OC(=O)[C@H](NC(=O)[C@H](Cc2cnc[nH]2)NC(=O)Nc2cccc(-c3cccc(S(=O)(=O)NC(CC(=O)O)c4ccccc4)c3)c2)C(C)C)C(=O)OCc2c1cc1n(c2=O)Cc2cc3ccccc3nc2-1. The van der Waals surface area contributed by atoms with Gasteiger partial charge in [0.05, 0.1) is 52.7 Å². The predicted octanol–water partition coefficient (Wildman–Crippen LogP) is 6.09. The van der Waals surface area contributed by atoms with Crippen molar-refractivity contribution in [1.29, 1.82) is 0 Å². The van der Waals surface area contributed by atoms with Gasteiger partial charge >= 0.3 is 23.9 Å². The molecule has 0 saturated heterocycles. The highest BCUT2D eigenvalue weighted by molar-refractivity contribution is 7.89. The van der Waals surface area contributed by atoms with Crippen molar-refractivity contribution in [3.05, 3.63) is 166 Å². The van der Waals surface area contributed by atoms with Crippen molar-refractivity contribution in [3.8, 4) is 22.5 Å². The number of aromatic amines is 1. The lowest BCUT2D eigenvalue weighted by molar-refractivity contribution is -0.191. The number of ether oxygens (including phenoxy) is 2. The van der Waals surface area contributed by atoms with E-state index in [1.807, 2.05) is 30.3 Å². The summed E-state index contributed by atoms with van der Waals surface area (Å²) in [7, 11) is -4.22. The van der Waals surface area contributed by atoms with Crippen molar-refractivity contribution < 1.29 is 47.0 Å². The number of sulfonamides is 1. The zero-order valence-electron chi connectivity index (χ0n) is 39.7. The molecule has 2 aliphatic rings. The summed E-state index contributed by atoms with van der Waals surface area (Å²) in [6.07, 6.45) is 2.19. The Morgan fingerprint density at radius 3 is 2.37 bits per heavy atom. The van der Waals surface area contributed by atoms with E-state index in [2.05, 4.69) is 30.6 Å². The molecular formula is C53H50N8O11S. The molecule has 0 aliphatic carbocycles. The van der Waals surface area contributed by atoms with Crippen LogP contribution in [0.5, 0.6) is 0 Å². The Kier molecular flexibility index (Phi) is 13.8. The van der Waals surface area contributed by atoms with Gasteiger partial charge in [0.25, 0.3) is 5.56 Å². The van der Waals surface area contributed by atoms with E-state index in [9.17, 15) is 42.3 Å². The van der Waals surface area contributed by atoms with Crippen molar-refractivity contribution in [2.75, 3.05) is 5.32 Å². The lowest BCUT2D eigenvalue weighted by Gasteiger charge is -2.37. The lowest BCUT2D eigenvalue weighted by Crippen LogP contribution is -2.56. The Morgan fingerprint density at radius 2 is 1.64 bits per heavy atom. The Balaban J connectivity index is 0.922. The van der Waals surface area contributed by atoms with Crippen LogP contribution in [0.4, 0.5) is 10.5 Å². The zero-order chi connectivity index (χ0) is 51.6. The number of benzene rings is 4. The standard InChI is InChI=1S/C53H50N8O11S/c1-4-53(40-24-44-47-35(20-34-14-8-9-19-41(34)57-47)27-61(44)49(65)39(40)28-71-51(53)67)72-50(66)46(30(2)3)59-48(64)43(23-37-26-54-29-55-37)58-52(68)56-36-17-10-15-32(21-36)33-16-11-18-38(22-33)73(69,70)60-42(25-45(62)63)31-12-6-5-7-13-31/h5-22,24,26,29-30,42-43,46,60H,4,23,25,27-28H2,1-3H3,(H,54,55)(H,59,64)(H,62,63)(H2,56,58,68)/t42?,43-,46+,53-/m0/s1. The number of urea groups is 1. The number of hydrogen-bond donors (Lipinski definition) is 6. The van der Waals surface area contributed by atoms with Crippen molar-refractivity contribution in [2.24, 2.45) is 5.92 Å². The molecule has 6 N–H and O–H groups in total. The van der Waals surface area contributed by atoms with E-state index < -0.39 is 81.5 Å². The Morgan fingerprint density at radius 1 is 0.904 bits per heavy atom. The number of hydrogen-bond acceptors (Lipinski definition) is 12. The first-order valence-electron chi connectivity index (χ1n) is 23.4. The Labute approximate surface area is 418 Å². The largest absolute Gasteiger partial charge is 0.481 e. The molecule has 4 atom stereocenters. The summed E-state index contributed by atoms with van der Waals surface area (Å²) >= 11 is 0. The van der Waals surface area contributed by atoms with E-state index in [0.717, 1.165) is 10.9 Å². The number of cyclic esters (lactones) is 1. The van der Waals surface area contributed by atoms with Gasteiger partial charge in [-0.1, -0.05) is 93.6 Å². The van der Waals surface area contributed by atoms with Gasteiger partial charge in [0.1, 0.15) is 18.7 Å². The second-order valence-corrected chi connectivity index (χ2v) is 19.8. The van der Waals surface area contributed by atoms with Crippen molar-refractivity contribution >= 4 is 56.5 Å². The van der Waals surface area contributed by atoms with Gasteiger partial charge in [-0.3, -0.25) is 14.4 Å². The average molecular weight is 1010 g/mol. The first-order valence-corrected chi connectivity index (χ1v) is 24.9. The number of nitrogens with zero attached hydrogens (tertiary/aromatic N) is 3. The summed E-state index contributed by atoms with van der Waals surface area (Å²) < 4.78 is 43.0. The molecule has 20 heteroatoms. The number of esters is 2. The highest BCUT2D eigenvalue weighted by atomic mass is 32.2. The minimum atomic E-state index is -4.22. The molecule has 4 aromatic carbocycles. The lowest BCUT2D eigenvalue weighted by atomic mass is 9.85. The third-order valence-corrected chi connectivity index (χ3v) is 14.4. The number of nitrogens with one attached hydrogen (secondary N) is 5. The van der Waals surface area contributed by atoms with E-state index in [1.54, 1.807) is 92.1 Å². The summed E-state index contributed by atoms with van der Waals surface area (Å²) in [6, 6.07) is 27.6. The first kappa shape index (κ1) is 49.5. The second-order valence-electron chi connectivity index (χ2n) is 18.1. The number of imidazole rings is 1. The number of para-hydroxylation sites is 1. The Hall–Kier alpha value is -8.49. The first-order chi connectivity index (χ1) is 35.0. The summed E-state index contributed by atoms with van der Waals surface area (Å²) in [6.45, 7) is 4.88. The molecule has 2 aliphatic heterocycles. The molecule has 3 amide bonds. The Bertz CT molecular complexity index is 3470. The monoisotopic (exact) mass is 1010 g/mol. The maximum absolute atomic E-state index is 14.4. The maximum Gasteiger partial charge on any atom is 0.355 e. The van der Waals surface area contributed by atoms with Gasteiger partial charge in [-0.25, -0.2) is 37.5 Å². The fourth-order valence-corrected chi connectivity index (χ4v) is 10.5. The normalized spacial score (nSPS) is 16.0. The molecule has 73 heavy (non-hydrogen) atoms. The zero-order valence-corrected chi connectivity index (χ0v) is 40.6. The van der Waals surface area contributed by atoms with Crippen LogP contribution in [0.25, 0.3) is 33.4 Å². The van der Waals surface area contributed by atoms with Gasteiger partial charge in [0.15, 0.2) is 0 Å². The van der Waals surface area contributed by atoms with Crippen LogP contribution in [-0.4, -0.2) is 75.0 Å². The van der Waals surface area contributed by atoms with Gasteiger partial charge in [-0.15, -0.1) is 0 Å². The molecule has 9 rings (SSSR count). The van der Waals surface area contributed by atoms with Crippen LogP contribution >= 0.6 is 0 Å². The predicted molar refractivity (Wildman–Crippen MR) is 267 cm³/mol. The molecule has 0 fully saturated rings. The topological polar surface area (TPSA) is 270 Å². The van der Waals surface area contributed by atoms with E-state index in [1.165, 1.54) is 30.7 Å². The quantitative estimate of drug-likeness (QED) is 0.0565. The number of carbonyl (C=O) groups is 5. The summed E-state index contributed by atoms with van der Waals surface area (Å²) in [5.41, 5.74) is 2.63. The van der Waals surface area contributed by atoms with Gasteiger partial charge < -0.3 is 40.1 Å². The van der Waals surface area contributed by atoms with E-state index in [4.69, 9.17) is 14.5 Å². The number of carbonyl (C=O) groups excluding carboxylic acids is 4. The third-order valence-electron chi connectivity index (χ3n) is 13.0. The fourth-order valence-electron chi connectivity index (χ4n) is 9.18. The summed E-state index contributed by atoms with van der Waals surface area (Å²) in [5, 5.41) is 18.6. The van der Waals surface area contributed by atoms with Crippen LogP contribution in [-0.2, 0) is 63.8 Å². The van der Waals surface area contributed by atoms with Gasteiger partial charge in [-0.2, -0.15) is 0 Å². The van der Waals surface area contributed by atoms with E-state index in [0.29, 0.717) is 39.3 Å². The minimum absolute atomic E-state index is 0.0928. The number of pyridine rings is 2. The van der Waals surface area contributed by atoms with E-state index in [-0.39, 0.29) is 47.7 Å². The minimum Gasteiger partial charge on any atom is -0.481 e. The van der Waals surface area contributed by atoms with Crippen LogP contribution in [0, 0.1) is 5.92 Å². The van der Waals surface area contributed by atoms with Crippen LogP contribution in [0.1, 0.15) is 67.6 Å². The molecule has 0 spiro atoms. The molecule has 374 valence electrons. The molecule has 1 unspecified atom stereocenters. The number of carboxylic acids is 1. The molecule has 3 aromatic heterocycles. The molecule has 0 radical (unpaired) electrons. The molecule has 0 bridgehead atoms. The smallest absolute Gasteiger partial charge is 0.355 e. The highest BCUT2D eigenvalue weighted by Gasteiger charge is 2.51. The number of H-pyrrole nitrogens is 1. The van der Waals surface area contributed by atoms with Crippen LogP contribution in [0.3, 0.4) is 0 Å². The molecule has 5 heterocycles. The van der Waals surface area contributed by atoms with E-state index >= 15 is 0 Å². The summed E-state index contributed by atoms with van der Waals surface area (Å²) in [4.78, 5) is 93.9. The molecule has 7 aromatic rings. The van der Waals surface area contributed by atoms with Crippen molar-refractivity contribution in [1.82, 2.24) is 34.9 Å². The number of fused-ring (bicyclic) bond motifs is 5. The van der Waals surface area contributed by atoms with Gasteiger partial charge in [0.2, 0.25) is 21.5 Å². The summed E-state index contributed by atoms with van der Waals surface area (Å²) in [5.74, 6) is -4.43. The molecule has 19 nitrogen and oxygen atoms in total. The van der Waals surface area contributed by atoms with Crippen LogP contribution in [0.15, 0.2) is 137 Å². The highest BCUT2D eigenvalue weighted by Crippen LogP contribution is 2.41.